The lowest BCUT2D eigenvalue weighted by molar-refractivity contribution is 0.862. The maximum Gasteiger partial charge on any atom is 0.0199 e. The van der Waals surface area contributed by atoms with Crippen LogP contribution in [-0.2, 0) is 0 Å². The first-order valence-electron chi connectivity index (χ1n) is 3.93. The van der Waals surface area contributed by atoms with Gasteiger partial charge in [-0.2, -0.15) is 0 Å². The van der Waals surface area contributed by atoms with Gasteiger partial charge in [0.2, 0.25) is 0 Å². The highest BCUT2D eigenvalue weighted by molar-refractivity contribution is 5.21. The minimum absolute atomic E-state index is 1.01. The fraction of sp³-hybridized carbons (Fsp3) is 0.556. The Morgan fingerprint density at radius 2 is 2.40 bits per heavy atom. The maximum atomic E-state index is 3.15. The fourth-order valence-corrected chi connectivity index (χ4v) is 1.16. The van der Waals surface area contributed by atoms with Crippen LogP contribution in [0.2, 0.25) is 0 Å². The largest absolute Gasteiger partial charge is 0.316 e. The van der Waals surface area contributed by atoms with Gasteiger partial charge in [-0.1, -0.05) is 18.2 Å². The molecule has 0 fully saturated rings. The molecule has 0 aromatic rings. The van der Waals surface area contributed by atoms with E-state index in [1.165, 1.54) is 24.8 Å². The molecule has 0 spiro atoms. The van der Waals surface area contributed by atoms with Crippen LogP contribution in [0, 0.1) is 0 Å². The molecule has 0 heterocycles. The van der Waals surface area contributed by atoms with E-state index in [4.69, 9.17) is 0 Å². The summed E-state index contributed by atoms with van der Waals surface area (Å²) in [5.41, 5.74) is 1.43. The Morgan fingerprint density at radius 3 is 3.20 bits per heavy atom. The van der Waals surface area contributed by atoms with Crippen LogP contribution in [-0.4, -0.2) is 13.6 Å². The van der Waals surface area contributed by atoms with Crippen molar-refractivity contribution in [1.29, 1.82) is 0 Å². The van der Waals surface area contributed by atoms with Crippen LogP contribution in [0.3, 0.4) is 0 Å². The van der Waals surface area contributed by atoms with Gasteiger partial charge in [-0.15, -0.1) is 0 Å². The predicted molar refractivity (Wildman–Crippen MR) is 45.0 cm³/mol. The van der Waals surface area contributed by atoms with Crippen molar-refractivity contribution in [1.82, 2.24) is 5.32 Å². The number of likely N-dealkylation sites (N-methyl/N-ethyl adjacent to an activating group) is 1. The molecule has 1 aliphatic rings. The molecule has 56 valence electrons. The van der Waals surface area contributed by atoms with Crippen LogP contribution in [0.5, 0.6) is 0 Å². The predicted octanol–water partition coefficient (Wildman–Crippen LogP) is 1.87. The Morgan fingerprint density at radius 1 is 1.50 bits per heavy atom. The maximum absolute atomic E-state index is 3.15. The molecular weight excluding hydrogens is 122 g/mol. The van der Waals surface area contributed by atoms with Crippen LogP contribution in [0.15, 0.2) is 23.8 Å². The molecule has 0 amide bonds. The first-order valence-corrected chi connectivity index (χ1v) is 3.93. The Hall–Kier alpha value is -0.560. The number of allylic oxidation sites excluding steroid dienone is 2. The molecule has 0 atom stereocenters. The molecule has 0 aromatic heterocycles. The van der Waals surface area contributed by atoms with E-state index in [1.54, 1.807) is 0 Å². The summed E-state index contributed by atoms with van der Waals surface area (Å²) in [4.78, 5) is 0. The van der Waals surface area contributed by atoms with Gasteiger partial charge in [-0.3, -0.25) is 0 Å². The van der Waals surface area contributed by atoms with E-state index in [1.807, 2.05) is 7.05 Å². The molecule has 1 rings (SSSR count). The second-order valence-corrected chi connectivity index (χ2v) is 2.64. The molecule has 1 N–H and O–H groups in total. The first kappa shape index (κ1) is 7.55. The van der Waals surface area contributed by atoms with Crippen molar-refractivity contribution < 1.29 is 0 Å². The zero-order valence-electron chi connectivity index (χ0n) is 6.56. The summed E-state index contributed by atoms with van der Waals surface area (Å²) in [5, 5.41) is 3.15. The summed E-state index contributed by atoms with van der Waals surface area (Å²) in [7, 11) is 1.99. The lowest BCUT2D eigenvalue weighted by Gasteiger charge is -1.97. The van der Waals surface area contributed by atoms with E-state index in [0.717, 1.165) is 6.54 Å². The zero-order chi connectivity index (χ0) is 7.23. The molecule has 1 nitrogen and oxygen atoms in total. The number of nitrogens with one attached hydrogen (secondary N) is 1. The van der Waals surface area contributed by atoms with Crippen LogP contribution in [0.4, 0.5) is 0 Å². The lowest BCUT2D eigenvalue weighted by Crippen LogP contribution is -2.08. The third kappa shape index (κ3) is 2.36. The van der Waals surface area contributed by atoms with Crippen LogP contribution < -0.4 is 5.32 Å². The SMILES string of the molecule is CNCC1=CCCCC=C1. The highest BCUT2D eigenvalue weighted by Gasteiger charge is 1.93. The van der Waals surface area contributed by atoms with E-state index >= 15 is 0 Å². The van der Waals surface area contributed by atoms with Crippen LogP contribution in [0.25, 0.3) is 0 Å². The van der Waals surface area contributed by atoms with Crippen molar-refractivity contribution in [3.8, 4) is 0 Å². The molecule has 0 saturated carbocycles. The second-order valence-electron chi connectivity index (χ2n) is 2.64. The average molecular weight is 137 g/mol. The van der Waals surface area contributed by atoms with Crippen molar-refractivity contribution in [3.05, 3.63) is 23.8 Å². The van der Waals surface area contributed by atoms with Gasteiger partial charge < -0.3 is 5.32 Å². The summed E-state index contributed by atoms with van der Waals surface area (Å²) in [6, 6.07) is 0. The molecule has 1 aliphatic carbocycles. The first-order chi connectivity index (χ1) is 4.93. The highest BCUT2D eigenvalue weighted by atomic mass is 14.8. The van der Waals surface area contributed by atoms with Gasteiger partial charge in [-0.25, -0.2) is 0 Å². The fourth-order valence-electron chi connectivity index (χ4n) is 1.16. The molecule has 0 bridgehead atoms. The van der Waals surface area contributed by atoms with Crippen molar-refractivity contribution in [2.24, 2.45) is 0 Å². The Kier molecular flexibility index (Phi) is 3.23. The number of rotatable bonds is 2. The van der Waals surface area contributed by atoms with Gasteiger partial charge in [-0.05, 0) is 31.9 Å². The topological polar surface area (TPSA) is 12.0 Å². The van der Waals surface area contributed by atoms with E-state index in [9.17, 15) is 0 Å². The van der Waals surface area contributed by atoms with Crippen LogP contribution in [0.1, 0.15) is 19.3 Å². The molecule has 1 heteroatoms. The van der Waals surface area contributed by atoms with E-state index in [0.29, 0.717) is 0 Å². The molecule has 10 heavy (non-hydrogen) atoms. The standard InChI is InChI=1S/C9H15N/c1-10-8-9-6-4-2-3-5-7-9/h4,6-7,10H,2-3,5,8H2,1H3. The quantitative estimate of drug-likeness (QED) is 0.612. The zero-order valence-corrected chi connectivity index (χ0v) is 6.56. The minimum Gasteiger partial charge on any atom is -0.316 e. The Bertz CT molecular complexity index is 145. The molecule has 0 aromatic carbocycles. The summed E-state index contributed by atoms with van der Waals surface area (Å²) >= 11 is 0. The minimum atomic E-state index is 1.01. The van der Waals surface area contributed by atoms with Crippen molar-refractivity contribution >= 4 is 0 Å². The lowest BCUT2D eigenvalue weighted by atomic mass is 10.2. The van der Waals surface area contributed by atoms with E-state index < -0.39 is 0 Å². The molecule has 0 saturated heterocycles. The highest BCUT2D eigenvalue weighted by Crippen LogP contribution is 2.08. The third-order valence-electron chi connectivity index (χ3n) is 1.69. The number of hydrogen-bond donors (Lipinski definition) is 1. The van der Waals surface area contributed by atoms with Gasteiger partial charge in [0.15, 0.2) is 0 Å². The van der Waals surface area contributed by atoms with Gasteiger partial charge in [0.1, 0.15) is 0 Å². The van der Waals surface area contributed by atoms with E-state index in [2.05, 4.69) is 23.5 Å². The average Bonchev–Trinajstić information content (AvgIpc) is 2.17. The second kappa shape index (κ2) is 4.29. The van der Waals surface area contributed by atoms with Gasteiger partial charge >= 0.3 is 0 Å². The van der Waals surface area contributed by atoms with Gasteiger partial charge in [0.25, 0.3) is 0 Å². The third-order valence-corrected chi connectivity index (χ3v) is 1.69. The van der Waals surface area contributed by atoms with Crippen molar-refractivity contribution in [3.63, 3.8) is 0 Å². The van der Waals surface area contributed by atoms with Crippen molar-refractivity contribution in [2.45, 2.75) is 19.3 Å². The molecule has 0 aliphatic heterocycles. The Balaban J connectivity index is 2.44. The van der Waals surface area contributed by atoms with Crippen LogP contribution >= 0.6 is 0 Å². The van der Waals surface area contributed by atoms with Gasteiger partial charge in [0.05, 0.1) is 0 Å². The number of hydrogen-bond acceptors (Lipinski definition) is 1. The molecule has 0 unspecified atom stereocenters. The molecule has 0 radical (unpaired) electrons. The summed E-state index contributed by atoms with van der Waals surface area (Å²) < 4.78 is 0. The monoisotopic (exact) mass is 137 g/mol. The van der Waals surface area contributed by atoms with Gasteiger partial charge in [0, 0.05) is 6.54 Å². The van der Waals surface area contributed by atoms with E-state index in [-0.39, 0.29) is 0 Å². The Labute approximate surface area is 62.8 Å². The smallest absolute Gasteiger partial charge is 0.0199 e. The summed E-state index contributed by atoms with van der Waals surface area (Å²) in [6.45, 7) is 1.01. The van der Waals surface area contributed by atoms with Crippen molar-refractivity contribution in [2.75, 3.05) is 13.6 Å². The molecular formula is C9H15N. The normalized spacial score (nSPS) is 18.3. The summed E-state index contributed by atoms with van der Waals surface area (Å²) in [5.74, 6) is 0. The summed E-state index contributed by atoms with van der Waals surface area (Å²) in [6.07, 6.45) is 10.6.